The Hall–Kier alpha value is -0.190. The van der Waals surface area contributed by atoms with E-state index in [-0.39, 0.29) is 0 Å². The number of aryl methyl sites for hydroxylation is 1. The molecular formula is C10H15ClN2OS. The lowest BCUT2D eigenvalue weighted by atomic mass is 10.0. The molecule has 3 nitrogen and oxygen atoms in total. The summed E-state index contributed by atoms with van der Waals surface area (Å²) in [6.45, 7) is 2.96. The van der Waals surface area contributed by atoms with Crippen LogP contribution in [0, 0.1) is 0 Å². The fraction of sp³-hybridized carbons (Fsp3) is 0.800. The molecule has 0 bridgehead atoms. The summed E-state index contributed by atoms with van der Waals surface area (Å²) < 4.78 is 5.53. The summed E-state index contributed by atoms with van der Waals surface area (Å²) in [5.41, 5.74) is 0. The molecule has 0 aliphatic carbocycles. The highest BCUT2D eigenvalue weighted by atomic mass is 35.5. The molecule has 1 aromatic rings. The summed E-state index contributed by atoms with van der Waals surface area (Å²) in [7, 11) is 0. The molecule has 5 heteroatoms. The van der Waals surface area contributed by atoms with Gasteiger partial charge in [-0.15, -0.1) is 33.1 Å². The van der Waals surface area contributed by atoms with Gasteiger partial charge in [-0.3, -0.25) is 0 Å². The lowest BCUT2D eigenvalue weighted by Crippen LogP contribution is -2.08. The molecular weight excluding hydrogens is 232 g/mol. The average molecular weight is 247 g/mol. The van der Waals surface area contributed by atoms with Gasteiger partial charge in [0.2, 0.25) is 0 Å². The zero-order valence-corrected chi connectivity index (χ0v) is 10.4. The van der Waals surface area contributed by atoms with Crippen molar-refractivity contribution in [3.05, 3.63) is 10.0 Å². The van der Waals surface area contributed by atoms with Crippen LogP contribution in [0.2, 0.25) is 0 Å². The summed E-state index contributed by atoms with van der Waals surface area (Å²) in [5.74, 6) is 1.14. The molecule has 0 radical (unpaired) electrons. The molecule has 0 amide bonds. The van der Waals surface area contributed by atoms with E-state index in [4.69, 9.17) is 16.3 Å². The zero-order valence-electron chi connectivity index (χ0n) is 8.78. The molecule has 1 fully saturated rings. The molecule has 2 atom stereocenters. The van der Waals surface area contributed by atoms with E-state index in [9.17, 15) is 0 Å². The molecule has 1 saturated heterocycles. The highest BCUT2D eigenvalue weighted by Gasteiger charge is 2.28. The second kappa shape index (κ2) is 5.23. The predicted octanol–water partition coefficient (Wildman–Crippen LogP) is 2.60. The third kappa shape index (κ3) is 2.68. The van der Waals surface area contributed by atoms with Crippen LogP contribution in [0.25, 0.3) is 0 Å². The number of nitrogens with zero attached hydrogens (tertiary/aromatic N) is 2. The van der Waals surface area contributed by atoms with Gasteiger partial charge in [0.25, 0.3) is 0 Å². The highest BCUT2D eigenvalue weighted by molar-refractivity contribution is 7.11. The van der Waals surface area contributed by atoms with Gasteiger partial charge < -0.3 is 4.74 Å². The number of alkyl halides is 1. The molecule has 0 aromatic carbocycles. The van der Waals surface area contributed by atoms with E-state index in [1.54, 1.807) is 11.3 Å². The van der Waals surface area contributed by atoms with Crippen molar-refractivity contribution in [3.63, 3.8) is 0 Å². The Morgan fingerprint density at radius 1 is 1.53 bits per heavy atom. The van der Waals surface area contributed by atoms with Crippen molar-refractivity contribution < 1.29 is 4.74 Å². The van der Waals surface area contributed by atoms with Crippen LogP contribution in [-0.2, 0) is 11.2 Å². The Bertz CT molecular complexity index is 318. The number of aromatic nitrogens is 2. The van der Waals surface area contributed by atoms with Crippen molar-refractivity contribution in [3.8, 4) is 0 Å². The van der Waals surface area contributed by atoms with E-state index in [1.165, 1.54) is 0 Å². The zero-order chi connectivity index (χ0) is 10.7. The Balaban J connectivity index is 1.99. The Labute approximate surface area is 98.8 Å². The standard InChI is InChI=1S/C10H15ClN2OS/c1-7-8(4-6-14-7)10-13-12-9(15-10)3-2-5-11/h7-8H,2-6H2,1H3. The van der Waals surface area contributed by atoms with E-state index in [0.29, 0.717) is 17.9 Å². The van der Waals surface area contributed by atoms with Crippen LogP contribution in [0.15, 0.2) is 0 Å². The maximum atomic E-state index is 5.64. The molecule has 2 heterocycles. The maximum Gasteiger partial charge on any atom is 0.123 e. The number of hydrogen-bond donors (Lipinski definition) is 0. The van der Waals surface area contributed by atoms with E-state index >= 15 is 0 Å². The molecule has 84 valence electrons. The largest absolute Gasteiger partial charge is 0.378 e. The minimum atomic E-state index is 0.291. The lowest BCUT2D eigenvalue weighted by molar-refractivity contribution is 0.118. The predicted molar refractivity (Wildman–Crippen MR) is 61.7 cm³/mol. The monoisotopic (exact) mass is 246 g/mol. The van der Waals surface area contributed by atoms with Gasteiger partial charge >= 0.3 is 0 Å². The van der Waals surface area contributed by atoms with Crippen molar-refractivity contribution >= 4 is 22.9 Å². The van der Waals surface area contributed by atoms with Crippen LogP contribution in [-0.4, -0.2) is 28.8 Å². The fourth-order valence-electron chi connectivity index (χ4n) is 1.79. The van der Waals surface area contributed by atoms with Gasteiger partial charge in [0.05, 0.1) is 6.10 Å². The number of hydrogen-bond acceptors (Lipinski definition) is 4. The van der Waals surface area contributed by atoms with E-state index in [1.807, 2.05) is 0 Å². The van der Waals surface area contributed by atoms with Crippen LogP contribution in [0.5, 0.6) is 0 Å². The molecule has 2 rings (SSSR count). The lowest BCUT2D eigenvalue weighted by Gasteiger charge is -2.08. The first-order chi connectivity index (χ1) is 7.31. The molecule has 0 saturated carbocycles. The summed E-state index contributed by atoms with van der Waals surface area (Å²) >= 11 is 7.36. The van der Waals surface area contributed by atoms with E-state index in [0.717, 1.165) is 35.9 Å². The normalized spacial score (nSPS) is 26.0. The van der Waals surface area contributed by atoms with Gasteiger partial charge in [-0.25, -0.2) is 0 Å². The first-order valence-corrected chi connectivity index (χ1v) is 6.66. The Morgan fingerprint density at radius 3 is 3.07 bits per heavy atom. The smallest absolute Gasteiger partial charge is 0.123 e. The molecule has 1 aliphatic heterocycles. The topological polar surface area (TPSA) is 35.0 Å². The molecule has 15 heavy (non-hydrogen) atoms. The molecule has 0 N–H and O–H groups in total. The van der Waals surface area contributed by atoms with Crippen LogP contribution >= 0.6 is 22.9 Å². The SMILES string of the molecule is CC1OCCC1c1nnc(CCCCl)s1. The van der Waals surface area contributed by atoms with E-state index < -0.39 is 0 Å². The Morgan fingerprint density at radius 2 is 2.40 bits per heavy atom. The number of rotatable bonds is 4. The minimum absolute atomic E-state index is 0.291. The number of ether oxygens (including phenoxy) is 1. The van der Waals surface area contributed by atoms with Crippen molar-refractivity contribution in [1.82, 2.24) is 10.2 Å². The van der Waals surface area contributed by atoms with Gasteiger partial charge in [-0.2, -0.15) is 0 Å². The third-order valence-corrected chi connectivity index (χ3v) is 4.08. The Kier molecular flexibility index (Phi) is 3.94. The van der Waals surface area contributed by atoms with Gasteiger partial charge in [0.1, 0.15) is 10.0 Å². The van der Waals surface area contributed by atoms with Crippen molar-refractivity contribution in [2.24, 2.45) is 0 Å². The first-order valence-electron chi connectivity index (χ1n) is 5.31. The number of halogens is 1. The van der Waals surface area contributed by atoms with Crippen LogP contribution in [0.1, 0.15) is 35.7 Å². The molecule has 1 aliphatic rings. The first kappa shape index (κ1) is 11.3. The van der Waals surface area contributed by atoms with Gasteiger partial charge in [-0.05, 0) is 19.8 Å². The van der Waals surface area contributed by atoms with Crippen LogP contribution < -0.4 is 0 Å². The summed E-state index contributed by atoms with van der Waals surface area (Å²) in [4.78, 5) is 0. The fourth-order valence-corrected chi connectivity index (χ4v) is 3.04. The van der Waals surface area contributed by atoms with Crippen molar-refractivity contribution in [2.45, 2.75) is 38.2 Å². The second-order valence-corrected chi connectivity index (χ2v) is 5.27. The summed E-state index contributed by atoms with van der Waals surface area (Å²) in [5, 5.41) is 10.7. The third-order valence-electron chi connectivity index (χ3n) is 2.70. The van der Waals surface area contributed by atoms with Crippen LogP contribution in [0.4, 0.5) is 0 Å². The van der Waals surface area contributed by atoms with E-state index in [2.05, 4.69) is 17.1 Å². The van der Waals surface area contributed by atoms with Gasteiger partial charge in [-0.1, -0.05) is 0 Å². The average Bonchev–Trinajstić information content (AvgIpc) is 2.83. The highest BCUT2D eigenvalue weighted by Crippen LogP contribution is 2.32. The van der Waals surface area contributed by atoms with Gasteiger partial charge in [0, 0.05) is 24.8 Å². The maximum absolute atomic E-state index is 5.64. The van der Waals surface area contributed by atoms with Gasteiger partial charge in [0.15, 0.2) is 0 Å². The second-order valence-electron chi connectivity index (χ2n) is 3.80. The molecule has 1 aromatic heterocycles. The summed E-state index contributed by atoms with van der Waals surface area (Å²) in [6.07, 6.45) is 3.29. The quantitative estimate of drug-likeness (QED) is 0.766. The molecule has 0 spiro atoms. The summed E-state index contributed by atoms with van der Waals surface area (Å²) in [6, 6.07) is 0. The van der Waals surface area contributed by atoms with Crippen LogP contribution in [0.3, 0.4) is 0 Å². The van der Waals surface area contributed by atoms with Crippen molar-refractivity contribution in [1.29, 1.82) is 0 Å². The van der Waals surface area contributed by atoms with Crippen molar-refractivity contribution in [2.75, 3.05) is 12.5 Å². The molecule has 2 unspecified atom stereocenters. The minimum Gasteiger partial charge on any atom is -0.378 e.